The van der Waals surface area contributed by atoms with Crippen molar-refractivity contribution in [2.75, 3.05) is 6.61 Å². The fourth-order valence-corrected chi connectivity index (χ4v) is 2.56. The number of carbonyl (C=O) groups is 1. The molecule has 0 bridgehead atoms. The van der Waals surface area contributed by atoms with Crippen LogP contribution in [-0.2, 0) is 15.6 Å². The van der Waals surface area contributed by atoms with Crippen molar-refractivity contribution >= 4 is 5.97 Å². The second kappa shape index (κ2) is 4.09. The van der Waals surface area contributed by atoms with Gasteiger partial charge < -0.3 is 10.2 Å². The van der Waals surface area contributed by atoms with Crippen LogP contribution in [0.15, 0.2) is 24.3 Å². The van der Waals surface area contributed by atoms with Gasteiger partial charge in [0, 0.05) is 12.5 Å². The summed E-state index contributed by atoms with van der Waals surface area (Å²) in [6.45, 7) is 6.32. The van der Waals surface area contributed by atoms with Crippen LogP contribution in [-0.4, -0.2) is 22.8 Å². The number of aliphatic hydroxyl groups excluding tert-OH is 1. The van der Waals surface area contributed by atoms with E-state index in [1.54, 1.807) is 0 Å². The van der Waals surface area contributed by atoms with E-state index in [0.717, 1.165) is 5.56 Å². The van der Waals surface area contributed by atoms with Crippen molar-refractivity contribution in [2.24, 2.45) is 5.92 Å². The van der Waals surface area contributed by atoms with Crippen LogP contribution in [0.3, 0.4) is 0 Å². The Balaban J connectivity index is 2.33. The van der Waals surface area contributed by atoms with Gasteiger partial charge in [-0.25, -0.2) is 0 Å². The maximum Gasteiger partial charge on any atom is 0.314 e. The lowest BCUT2D eigenvalue weighted by Gasteiger charge is -2.20. The zero-order valence-corrected chi connectivity index (χ0v) is 11.1. The van der Waals surface area contributed by atoms with Crippen LogP contribution in [0.5, 0.6) is 0 Å². The van der Waals surface area contributed by atoms with Crippen LogP contribution in [0.1, 0.15) is 38.3 Å². The van der Waals surface area contributed by atoms with E-state index in [0.29, 0.717) is 6.42 Å². The Bertz CT molecular complexity index is 456. The quantitative estimate of drug-likeness (QED) is 0.863. The Kier molecular flexibility index (Phi) is 2.98. The third-order valence-corrected chi connectivity index (χ3v) is 3.97. The van der Waals surface area contributed by atoms with Crippen molar-refractivity contribution < 1.29 is 15.0 Å². The highest BCUT2D eigenvalue weighted by molar-refractivity contribution is 5.85. The summed E-state index contributed by atoms with van der Waals surface area (Å²) in [5, 5.41) is 18.5. The second-order valence-electron chi connectivity index (χ2n) is 6.19. The van der Waals surface area contributed by atoms with E-state index < -0.39 is 11.4 Å². The van der Waals surface area contributed by atoms with E-state index in [9.17, 15) is 15.0 Å². The minimum Gasteiger partial charge on any atom is -0.481 e. The number of aliphatic carboxylic acids is 1. The number of benzene rings is 1. The highest BCUT2D eigenvalue weighted by Gasteiger charge is 2.61. The smallest absolute Gasteiger partial charge is 0.314 e. The SMILES string of the molecule is CC(C)(C)c1ccc(C2(C(=O)O)CC2CO)cc1. The van der Waals surface area contributed by atoms with E-state index >= 15 is 0 Å². The molecule has 0 heterocycles. The Hall–Kier alpha value is -1.35. The molecule has 1 aromatic rings. The Labute approximate surface area is 107 Å². The average Bonchev–Trinajstić information content (AvgIpc) is 3.04. The molecule has 2 unspecified atom stereocenters. The molecule has 1 aromatic carbocycles. The lowest BCUT2D eigenvalue weighted by molar-refractivity contribution is -0.140. The first-order valence-electron chi connectivity index (χ1n) is 6.27. The molecule has 2 N–H and O–H groups in total. The van der Waals surface area contributed by atoms with Gasteiger partial charge in [0.05, 0.1) is 5.41 Å². The molecule has 0 amide bonds. The van der Waals surface area contributed by atoms with E-state index in [2.05, 4.69) is 20.8 Å². The third-order valence-electron chi connectivity index (χ3n) is 3.97. The third kappa shape index (κ3) is 1.93. The lowest BCUT2D eigenvalue weighted by atomic mass is 9.84. The predicted molar refractivity (Wildman–Crippen MR) is 69.6 cm³/mol. The molecule has 0 aliphatic heterocycles. The monoisotopic (exact) mass is 248 g/mol. The molecule has 1 aliphatic rings. The molecule has 0 radical (unpaired) electrons. The molecular weight excluding hydrogens is 228 g/mol. The summed E-state index contributed by atoms with van der Waals surface area (Å²) >= 11 is 0. The Morgan fingerprint density at radius 3 is 2.22 bits per heavy atom. The van der Waals surface area contributed by atoms with Crippen molar-refractivity contribution in [3.8, 4) is 0 Å². The first-order chi connectivity index (χ1) is 8.32. The molecule has 0 spiro atoms. The van der Waals surface area contributed by atoms with Crippen LogP contribution in [0.2, 0.25) is 0 Å². The molecule has 3 heteroatoms. The highest BCUT2D eigenvalue weighted by atomic mass is 16.4. The molecule has 0 aromatic heterocycles. The van der Waals surface area contributed by atoms with Gasteiger partial charge in [0.15, 0.2) is 0 Å². The fourth-order valence-electron chi connectivity index (χ4n) is 2.56. The first kappa shape index (κ1) is 13.1. The number of hydrogen-bond donors (Lipinski definition) is 2. The van der Waals surface area contributed by atoms with Gasteiger partial charge in [0.25, 0.3) is 0 Å². The molecule has 18 heavy (non-hydrogen) atoms. The van der Waals surface area contributed by atoms with Gasteiger partial charge in [0.1, 0.15) is 0 Å². The van der Waals surface area contributed by atoms with E-state index in [1.165, 1.54) is 5.56 Å². The van der Waals surface area contributed by atoms with Gasteiger partial charge in [-0.05, 0) is 23.0 Å². The van der Waals surface area contributed by atoms with Crippen molar-refractivity contribution in [3.63, 3.8) is 0 Å². The first-order valence-corrected chi connectivity index (χ1v) is 6.27. The van der Waals surface area contributed by atoms with E-state index in [1.807, 2.05) is 24.3 Å². The largest absolute Gasteiger partial charge is 0.481 e. The van der Waals surface area contributed by atoms with Crippen molar-refractivity contribution in [1.29, 1.82) is 0 Å². The van der Waals surface area contributed by atoms with Gasteiger partial charge >= 0.3 is 5.97 Å². The van der Waals surface area contributed by atoms with Gasteiger partial charge in [-0.2, -0.15) is 0 Å². The Morgan fingerprint density at radius 1 is 1.33 bits per heavy atom. The predicted octanol–water partition coefficient (Wildman–Crippen LogP) is 2.32. The van der Waals surface area contributed by atoms with Crippen LogP contribution in [0.25, 0.3) is 0 Å². The normalized spacial score (nSPS) is 27.0. The van der Waals surface area contributed by atoms with Gasteiger partial charge in [-0.3, -0.25) is 4.79 Å². The molecule has 2 rings (SSSR count). The molecular formula is C15H20O3. The molecule has 1 fully saturated rings. The zero-order valence-electron chi connectivity index (χ0n) is 11.1. The Morgan fingerprint density at radius 2 is 1.89 bits per heavy atom. The van der Waals surface area contributed by atoms with E-state index in [4.69, 9.17) is 0 Å². The summed E-state index contributed by atoms with van der Waals surface area (Å²) in [6.07, 6.45) is 0.535. The minimum atomic E-state index is -0.856. The number of carboxylic acids is 1. The molecule has 3 nitrogen and oxygen atoms in total. The summed E-state index contributed by atoms with van der Waals surface area (Å²) in [5.41, 5.74) is 1.20. The number of rotatable bonds is 3. The molecule has 0 saturated heterocycles. The summed E-state index contributed by atoms with van der Waals surface area (Å²) in [4.78, 5) is 11.4. The van der Waals surface area contributed by atoms with Gasteiger partial charge in [0.2, 0.25) is 0 Å². The van der Waals surface area contributed by atoms with Crippen LogP contribution >= 0.6 is 0 Å². The van der Waals surface area contributed by atoms with E-state index in [-0.39, 0.29) is 17.9 Å². The van der Waals surface area contributed by atoms with Crippen molar-refractivity contribution in [1.82, 2.24) is 0 Å². The summed E-state index contributed by atoms with van der Waals surface area (Å²) < 4.78 is 0. The number of carboxylic acid groups (broad SMARTS) is 1. The van der Waals surface area contributed by atoms with Crippen LogP contribution < -0.4 is 0 Å². The lowest BCUT2D eigenvalue weighted by Crippen LogP contribution is -2.24. The summed E-state index contributed by atoms with van der Waals surface area (Å²) in [7, 11) is 0. The fraction of sp³-hybridized carbons (Fsp3) is 0.533. The minimum absolute atomic E-state index is 0.0622. The topological polar surface area (TPSA) is 57.5 Å². The maximum atomic E-state index is 11.4. The molecule has 1 saturated carbocycles. The second-order valence-corrected chi connectivity index (χ2v) is 6.19. The molecule has 98 valence electrons. The van der Waals surface area contributed by atoms with Gasteiger partial charge in [-0.1, -0.05) is 45.0 Å². The summed E-state index contributed by atoms with van der Waals surface area (Å²) in [6, 6.07) is 7.77. The van der Waals surface area contributed by atoms with Crippen molar-refractivity contribution in [3.05, 3.63) is 35.4 Å². The van der Waals surface area contributed by atoms with Gasteiger partial charge in [-0.15, -0.1) is 0 Å². The average molecular weight is 248 g/mol. The summed E-state index contributed by atoms with van der Waals surface area (Å²) in [5.74, 6) is -0.972. The zero-order chi connectivity index (χ0) is 13.6. The highest BCUT2D eigenvalue weighted by Crippen LogP contribution is 2.54. The maximum absolute atomic E-state index is 11.4. The van der Waals surface area contributed by atoms with Crippen LogP contribution in [0.4, 0.5) is 0 Å². The number of aliphatic hydroxyl groups is 1. The van der Waals surface area contributed by atoms with Crippen molar-refractivity contribution in [2.45, 2.75) is 38.0 Å². The molecule has 1 aliphatic carbocycles. The van der Waals surface area contributed by atoms with Crippen LogP contribution in [0, 0.1) is 5.92 Å². The number of hydrogen-bond acceptors (Lipinski definition) is 2. The standard InChI is InChI=1S/C15H20O3/c1-14(2,3)10-4-6-11(7-5-10)15(13(17)18)8-12(15)9-16/h4-7,12,16H,8-9H2,1-3H3,(H,17,18). The molecule has 2 atom stereocenters.